The van der Waals surface area contributed by atoms with Gasteiger partial charge in [0.15, 0.2) is 5.75 Å². The zero-order chi connectivity index (χ0) is 13.1. The number of hydrogen-bond donors (Lipinski definition) is 1. The van der Waals surface area contributed by atoms with Gasteiger partial charge in [-0.25, -0.2) is 0 Å². The lowest BCUT2D eigenvalue weighted by atomic mass is 10.1. The lowest BCUT2D eigenvalue weighted by molar-refractivity contribution is 0.401. The van der Waals surface area contributed by atoms with Gasteiger partial charge in [-0.05, 0) is 30.5 Å². The average Bonchev–Trinajstić information content (AvgIpc) is 2.93. The Morgan fingerprint density at radius 3 is 2.89 bits per heavy atom. The standard InChI is InChI=1S/C13H19N3OS/c1-5-14-11(13-9(2)6-7-18-13)12-10(17-4)8-15-16(12)3/h6-8,11,14H,5H2,1-4H3. The second-order valence-electron chi connectivity index (χ2n) is 4.18. The normalized spacial score (nSPS) is 12.7. The molecule has 0 saturated carbocycles. The molecule has 1 atom stereocenters. The highest BCUT2D eigenvalue weighted by molar-refractivity contribution is 7.10. The molecule has 2 aromatic rings. The van der Waals surface area contributed by atoms with E-state index in [2.05, 4.69) is 35.7 Å². The van der Waals surface area contributed by atoms with Crippen LogP contribution >= 0.6 is 11.3 Å². The topological polar surface area (TPSA) is 39.1 Å². The van der Waals surface area contributed by atoms with E-state index in [1.807, 2.05) is 11.7 Å². The minimum absolute atomic E-state index is 0.137. The highest BCUT2D eigenvalue weighted by atomic mass is 32.1. The predicted molar refractivity (Wildman–Crippen MR) is 74.3 cm³/mol. The van der Waals surface area contributed by atoms with Gasteiger partial charge in [-0.1, -0.05) is 6.92 Å². The Morgan fingerprint density at radius 1 is 1.56 bits per heavy atom. The first-order valence-corrected chi connectivity index (χ1v) is 6.90. The molecule has 98 valence electrons. The van der Waals surface area contributed by atoms with Crippen LogP contribution in [0.3, 0.4) is 0 Å². The third-order valence-electron chi connectivity index (χ3n) is 3.01. The number of nitrogens with one attached hydrogen (secondary N) is 1. The summed E-state index contributed by atoms with van der Waals surface area (Å²) in [6, 6.07) is 2.28. The minimum Gasteiger partial charge on any atom is -0.493 e. The third-order valence-corrected chi connectivity index (χ3v) is 4.10. The van der Waals surface area contributed by atoms with Crippen molar-refractivity contribution >= 4 is 11.3 Å². The van der Waals surface area contributed by atoms with Crippen LogP contribution < -0.4 is 10.1 Å². The maximum atomic E-state index is 5.41. The van der Waals surface area contributed by atoms with Crippen molar-refractivity contribution < 1.29 is 4.74 Å². The second kappa shape index (κ2) is 5.54. The van der Waals surface area contributed by atoms with Gasteiger partial charge in [0.05, 0.1) is 19.3 Å². The first-order chi connectivity index (χ1) is 8.69. The van der Waals surface area contributed by atoms with Gasteiger partial charge in [0.1, 0.15) is 5.69 Å². The lowest BCUT2D eigenvalue weighted by Crippen LogP contribution is -2.24. The maximum absolute atomic E-state index is 5.41. The van der Waals surface area contributed by atoms with Crippen LogP contribution in [-0.4, -0.2) is 23.4 Å². The molecule has 0 aromatic carbocycles. The van der Waals surface area contributed by atoms with E-state index in [0.29, 0.717) is 0 Å². The zero-order valence-electron chi connectivity index (χ0n) is 11.2. The molecule has 0 bridgehead atoms. The molecule has 4 nitrogen and oxygen atoms in total. The second-order valence-corrected chi connectivity index (χ2v) is 5.13. The Bertz CT molecular complexity index is 518. The molecule has 0 fully saturated rings. The fraction of sp³-hybridized carbons (Fsp3) is 0.462. The van der Waals surface area contributed by atoms with Gasteiger partial charge in [-0.3, -0.25) is 4.68 Å². The first-order valence-electron chi connectivity index (χ1n) is 6.02. The summed E-state index contributed by atoms with van der Waals surface area (Å²) < 4.78 is 7.29. The molecule has 2 heterocycles. The molecule has 5 heteroatoms. The number of aryl methyl sites for hydroxylation is 2. The van der Waals surface area contributed by atoms with Crippen molar-refractivity contribution in [1.29, 1.82) is 0 Å². The summed E-state index contributed by atoms with van der Waals surface area (Å²) in [5, 5.41) is 9.92. The highest BCUT2D eigenvalue weighted by Gasteiger charge is 2.23. The van der Waals surface area contributed by atoms with Crippen LogP contribution in [0, 0.1) is 6.92 Å². The Hall–Kier alpha value is -1.33. The smallest absolute Gasteiger partial charge is 0.161 e. The first kappa shape index (κ1) is 13.1. The van der Waals surface area contributed by atoms with Crippen molar-refractivity contribution in [1.82, 2.24) is 15.1 Å². The van der Waals surface area contributed by atoms with Crippen LogP contribution in [-0.2, 0) is 7.05 Å². The van der Waals surface area contributed by atoms with Crippen LogP contribution in [0.4, 0.5) is 0 Å². The fourth-order valence-electron chi connectivity index (χ4n) is 2.11. The van der Waals surface area contributed by atoms with Crippen molar-refractivity contribution in [2.24, 2.45) is 7.05 Å². The summed E-state index contributed by atoms with van der Waals surface area (Å²) in [6.45, 7) is 5.15. The quantitative estimate of drug-likeness (QED) is 0.903. The molecule has 0 spiro atoms. The van der Waals surface area contributed by atoms with E-state index in [-0.39, 0.29) is 6.04 Å². The predicted octanol–water partition coefficient (Wildman–Crippen LogP) is 2.50. The van der Waals surface area contributed by atoms with Crippen LogP contribution in [0.1, 0.15) is 29.1 Å². The van der Waals surface area contributed by atoms with Crippen LogP contribution in [0.25, 0.3) is 0 Å². The molecule has 1 unspecified atom stereocenters. The molecule has 0 amide bonds. The molecule has 0 aliphatic heterocycles. The van der Waals surface area contributed by atoms with Gasteiger partial charge >= 0.3 is 0 Å². The zero-order valence-corrected chi connectivity index (χ0v) is 12.0. The molecule has 0 aliphatic rings. The summed E-state index contributed by atoms with van der Waals surface area (Å²) >= 11 is 1.76. The number of thiophene rings is 1. The molecule has 0 saturated heterocycles. The van der Waals surface area contributed by atoms with E-state index in [1.165, 1.54) is 10.4 Å². The highest BCUT2D eigenvalue weighted by Crippen LogP contribution is 2.33. The van der Waals surface area contributed by atoms with Crippen LogP contribution in [0.2, 0.25) is 0 Å². The minimum atomic E-state index is 0.137. The molecule has 2 rings (SSSR count). The molecule has 0 aliphatic carbocycles. The average molecular weight is 265 g/mol. The van der Waals surface area contributed by atoms with E-state index >= 15 is 0 Å². The Balaban J connectivity index is 2.47. The van der Waals surface area contributed by atoms with Crippen LogP contribution in [0.15, 0.2) is 17.6 Å². The molecule has 1 N–H and O–H groups in total. The Morgan fingerprint density at radius 2 is 2.33 bits per heavy atom. The monoisotopic (exact) mass is 265 g/mol. The van der Waals surface area contributed by atoms with E-state index in [0.717, 1.165) is 18.0 Å². The Labute approximate surface area is 112 Å². The number of hydrogen-bond acceptors (Lipinski definition) is 4. The van der Waals surface area contributed by atoms with Crippen molar-refractivity contribution in [2.75, 3.05) is 13.7 Å². The van der Waals surface area contributed by atoms with Gasteiger partial charge in [-0.15, -0.1) is 11.3 Å². The van der Waals surface area contributed by atoms with Gasteiger partial charge in [0.25, 0.3) is 0 Å². The van der Waals surface area contributed by atoms with Gasteiger partial charge in [-0.2, -0.15) is 5.10 Å². The molecule has 2 aromatic heterocycles. The third kappa shape index (κ3) is 2.28. The SMILES string of the molecule is CCNC(c1sccc1C)c1c(OC)cnn1C. The summed E-state index contributed by atoms with van der Waals surface area (Å²) in [7, 11) is 3.63. The number of nitrogens with zero attached hydrogens (tertiary/aromatic N) is 2. The fourth-order valence-corrected chi connectivity index (χ4v) is 3.11. The van der Waals surface area contributed by atoms with Crippen LogP contribution in [0.5, 0.6) is 5.75 Å². The van der Waals surface area contributed by atoms with Gasteiger partial charge < -0.3 is 10.1 Å². The molecular weight excluding hydrogens is 246 g/mol. The van der Waals surface area contributed by atoms with Crippen molar-refractivity contribution in [3.05, 3.63) is 33.8 Å². The Kier molecular flexibility index (Phi) is 4.04. The van der Waals surface area contributed by atoms with Crippen molar-refractivity contribution in [3.63, 3.8) is 0 Å². The molecule has 18 heavy (non-hydrogen) atoms. The lowest BCUT2D eigenvalue weighted by Gasteiger charge is -2.19. The summed E-state index contributed by atoms with van der Waals surface area (Å²) in [5.41, 5.74) is 2.37. The maximum Gasteiger partial charge on any atom is 0.161 e. The summed E-state index contributed by atoms with van der Waals surface area (Å²) in [6.07, 6.45) is 1.77. The van der Waals surface area contributed by atoms with E-state index in [4.69, 9.17) is 4.74 Å². The number of rotatable bonds is 5. The number of methoxy groups -OCH3 is 1. The van der Waals surface area contributed by atoms with E-state index < -0.39 is 0 Å². The summed E-state index contributed by atoms with van der Waals surface area (Å²) in [5.74, 6) is 0.830. The molecular formula is C13H19N3OS. The van der Waals surface area contributed by atoms with Gasteiger partial charge in [0.2, 0.25) is 0 Å². The van der Waals surface area contributed by atoms with Gasteiger partial charge in [0, 0.05) is 11.9 Å². The number of ether oxygens (including phenoxy) is 1. The van der Waals surface area contributed by atoms with Crippen molar-refractivity contribution in [3.8, 4) is 5.75 Å². The largest absolute Gasteiger partial charge is 0.493 e. The van der Waals surface area contributed by atoms with Crippen molar-refractivity contribution in [2.45, 2.75) is 19.9 Å². The number of aromatic nitrogens is 2. The van der Waals surface area contributed by atoms with E-state index in [9.17, 15) is 0 Å². The van der Waals surface area contributed by atoms with E-state index in [1.54, 1.807) is 24.6 Å². The summed E-state index contributed by atoms with van der Waals surface area (Å²) in [4.78, 5) is 1.32. The molecule has 0 radical (unpaired) electrons.